The Labute approximate surface area is 108 Å². The van der Waals surface area contributed by atoms with E-state index in [0.717, 1.165) is 22.1 Å². The van der Waals surface area contributed by atoms with Crippen molar-refractivity contribution in [1.29, 1.82) is 0 Å². The van der Waals surface area contributed by atoms with Gasteiger partial charge in [-0.3, -0.25) is 0 Å². The molecule has 0 spiro atoms. The number of hydrogen-bond donors (Lipinski definition) is 1. The van der Waals surface area contributed by atoms with Crippen molar-refractivity contribution >= 4 is 34.0 Å². The van der Waals surface area contributed by atoms with Gasteiger partial charge in [0, 0.05) is 5.39 Å². The molecule has 92 valence electrons. The van der Waals surface area contributed by atoms with Gasteiger partial charge in [0.25, 0.3) is 0 Å². The lowest BCUT2D eigenvalue weighted by Crippen LogP contribution is -2.03. The average Bonchev–Trinajstić information content (AvgIpc) is 2.83. The number of benzene rings is 1. The van der Waals surface area contributed by atoms with Crippen molar-refractivity contribution < 1.29 is 4.74 Å². The standard InChI is InChI=1S/C12H11ClN4O/c1-18-10-4-2-3-8-9-5-7(6-13)16-17(9)12(14)15-11(8)10/h2-5H,6H2,1H3,(H2,14,15). The van der Waals surface area contributed by atoms with Gasteiger partial charge >= 0.3 is 0 Å². The summed E-state index contributed by atoms with van der Waals surface area (Å²) in [5.74, 6) is 1.35. The molecule has 3 aromatic rings. The number of halogens is 1. The normalized spacial score (nSPS) is 11.2. The summed E-state index contributed by atoms with van der Waals surface area (Å²) in [5.41, 5.74) is 8.28. The lowest BCUT2D eigenvalue weighted by Gasteiger charge is -2.07. The zero-order valence-electron chi connectivity index (χ0n) is 9.72. The molecule has 0 atom stereocenters. The Morgan fingerprint density at radius 2 is 2.28 bits per heavy atom. The van der Waals surface area contributed by atoms with Crippen molar-refractivity contribution in [3.8, 4) is 5.75 Å². The van der Waals surface area contributed by atoms with E-state index in [1.54, 1.807) is 11.6 Å². The Hall–Kier alpha value is -2.01. The second kappa shape index (κ2) is 4.03. The molecule has 0 aliphatic rings. The number of ether oxygens (including phenoxy) is 1. The number of anilines is 1. The first-order valence-corrected chi connectivity index (χ1v) is 5.95. The van der Waals surface area contributed by atoms with Crippen LogP contribution in [-0.2, 0) is 5.88 Å². The minimum Gasteiger partial charge on any atom is -0.494 e. The van der Waals surface area contributed by atoms with Crippen LogP contribution in [0, 0.1) is 0 Å². The van der Waals surface area contributed by atoms with Crippen molar-refractivity contribution in [2.75, 3.05) is 12.8 Å². The van der Waals surface area contributed by atoms with Crippen molar-refractivity contribution in [2.24, 2.45) is 0 Å². The highest BCUT2D eigenvalue weighted by Gasteiger charge is 2.12. The largest absolute Gasteiger partial charge is 0.494 e. The van der Waals surface area contributed by atoms with Crippen LogP contribution in [-0.4, -0.2) is 21.7 Å². The number of para-hydroxylation sites is 1. The van der Waals surface area contributed by atoms with E-state index in [1.807, 2.05) is 24.3 Å². The monoisotopic (exact) mass is 262 g/mol. The highest BCUT2D eigenvalue weighted by Crippen LogP contribution is 2.28. The number of aromatic nitrogens is 3. The maximum Gasteiger partial charge on any atom is 0.222 e. The fourth-order valence-electron chi connectivity index (χ4n) is 2.03. The SMILES string of the molecule is COc1cccc2c1nc(N)n1nc(CCl)cc21. The van der Waals surface area contributed by atoms with E-state index in [0.29, 0.717) is 17.6 Å². The maximum absolute atomic E-state index is 5.90. The zero-order chi connectivity index (χ0) is 12.7. The molecule has 2 heterocycles. The van der Waals surface area contributed by atoms with Gasteiger partial charge in [-0.1, -0.05) is 12.1 Å². The lowest BCUT2D eigenvalue weighted by atomic mass is 10.2. The Kier molecular flexibility index (Phi) is 2.48. The van der Waals surface area contributed by atoms with Gasteiger partial charge < -0.3 is 10.5 Å². The van der Waals surface area contributed by atoms with Gasteiger partial charge in [0.1, 0.15) is 11.3 Å². The molecule has 0 saturated heterocycles. The summed E-state index contributed by atoms with van der Waals surface area (Å²) in [7, 11) is 1.61. The van der Waals surface area contributed by atoms with Crippen LogP contribution in [0.3, 0.4) is 0 Å². The van der Waals surface area contributed by atoms with Gasteiger partial charge in [-0.15, -0.1) is 11.6 Å². The van der Waals surface area contributed by atoms with E-state index >= 15 is 0 Å². The molecule has 2 aromatic heterocycles. The number of fused-ring (bicyclic) bond motifs is 3. The van der Waals surface area contributed by atoms with Crippen LogP contribution in [0.1, 0.15) is 5.69 Å². The summed E-state index contributed by atoms with van der Waals surface area (Å²) in [6.45, 7) is 0. The van der Waals surface area contributed by atoms with Crippen LogP contribution in [0.4, 0.5) is 5.95 Å². The number of alkyl halides is 1. The fourth-order valence-corrected chi connectivity index (χ4v) is 2.16. The third-order valence-electron chi connectivity index (χ3n) is 2.84. The second-order valence-corrected chi connectivity index (χ2v) is 4.16. The Morgan fingerprint density at radius 1 is 1.44 bits per heavy atom. The molecule has 18 heavy (non-hydrogen) atoms. The van der Waals surface area contributed by atoms with Crippen molar-refractivity contribution in [3.05, 3.63) is 30.0 Å². The number of rotatable bonds is 2. The van der Waals surface area contributed by atoms with Gasteiger partial charge in [-0.25, -0.2) is 4.98 Å². The van der Waals surface area contributed by atoms with Gasteiger partial charge in [-0.05, 0) is 12.1 Å². The molecule has 6 heteroatoms. The first-order valence-electron chi connectivity index (χ1n) is 5.41. The molecule has 0 radical (unpaired) electrons. The summed E-state index contributed by atoms with van der Waals surface area (Å²) >= 11 is 5.80. The van der Waals surface area contributed by atoms with Crippen molar-refractivity contribution in [2.45, 2.75) is 5.88 Å². The first-order chi connectivity index (χ1) is 8.74. The molecule has 0 bridgehead atoms. The number of methoxy groups -OCH3 is 1. The van der Waals surface area contributed by atoms with Crippen LogP contribution in [0.25, 0.3) is 16.4 Å². The minimum atomic E-state index is 0.318. The molecule has 0 aliphatic carbocycles. The number of nitrogens with zero attached hydrogens (tertiary/aromatic N) is 3. The number of nitrogens with two attached hydrogens (primary N) is 1. The smallest absolute Gasteiger partial charge is 0.222 e. The number of nitrogen functional groups attached to an aromatic ring is 1. The molecule has 5 nitrogen and oxygen atoms in total. The minimum absolute atomic E-state index is 0.318. The lowest BCUT2D eigenvalue weighted by molar-refractivity contribution is 0.419. The first kappa shape index (κ1) is 11.1. The quantitative estimate of drug-likeness (QED) is 0.719. The fraction of sp³-hybridized carbons (Fsp3) is 0.167. The molecule has 2 N–H and O–H groups in total. The van der Waals surface area contributed by atoms with Crippen LogP contribution in [0.5, 0.6) is 5.75 Å². The Bertz CT molecular complexity index is 738. The van der Waals surface area contributed by atoms with E-state index in [4.69, 9.17) is 22.1 Å². The maximum atomic E-state index is 5.90. The van der Waals surface area contributed by atoms with Gasteiger partial charge in [0.2, 0.25) is 5.95 Å². The van der Waals surface area contributed by atoms with Crippen LogP contribution < -0.4 is 10.5 Å². The molecule has 0 amide bonds. The van der Waals surface area contributed by atoms with Gasteiger partial charge in [0.15, 0.2) is 0 Å². The summed E-state index contributed by atoms with van der Waals surface area (Å²) in [4.78, 5) is 4.33. The van der Waals surface area contributed by atoms with Crippen molar-refractivity contribution in [3.63, 3.8) is 0 Å². The van der Waals surface area contributed by atoms with Crippen LogP contribution >= 0.6 is 11.6 Å². The van der Waals surface area contributed by atoms with E-state index in [-0.39, 0.29) is 0 Å². The summed E-state index contributed by atoms with van der Waals surface area (Å²) in [5, 5.41) is 5.23. The molecule has 1 aromatic carbocycles. The Balaban J connectivity index is 2.49. The number of hydrogen-bond acceptors (Lipinski definition) is 4. The highest BCUT2D eigenvalue weighted by molar-refractivity contribution is 6.17. The summed E-state index contributed by atoms with van der Waals surface area (Å²) < 4.78 is 6.89. The third-order valence-corrected chi connectivity index (χ3v) is 3.11. The second-order valence-electron chi connectivity index (χ2n) is 3.89. The Morgan fingerprint density at radius 3 is 3.00 bits per heavy atom. The van der Waals surface area contributed by atoms with Gasteiger partial charge in [-0.2, -0.15) is 9.61 Å². The third kappa shape index (κ3) is 1.48. The molecule has 0 saturated carbocycles. The van der Waals surface area contributed by atoms with Crippen LogP contribution in [0.2, 0.25) is 0 Å². The van der Waals surface area contributed by atoms with Crippen molar-refractivity contribution in [1.82, 2.24) is 14.6 Å². The van der Waals surface area contributed by atoms with Crippen LogP contribution in [0.15, 0.2) is 24.3 Å². The predicted octanol–water partition coefficient (Wildman–Crippen LogP) is 2.21. The molecule has 0 unspecified atom stereocenters. The molecule has 3 rings (SSSR count). The molecule has 0 fully saturated rings. The molecular weight excluding hydrogens is 252 g/mol. The summed E-state index contributed by atoms with van der Waals surface area (Å²) in [6.07, 6.45) is 0. The zero-order valence-corrected chi connectivity index (χ0v) is 10.5. The molecular formula is C12H11ClN4O. The average molecular weight is 263 g/mol. The van der Waals surface area contributed by atoms with E-state index in [2.05, 4.69) is 10.1 Å². The van der Waals surface area contributed by atoms with E-state index in [1.165, 1.54) is 0 Å². The highest BCUT2D eigenvalue weighted by atomic mass is 35.5. The van der Waals surface area contributed by atoms with Gasteiger partial charge in [0.05, 0.1) is 24.2 Å². The summed E-state index contributed by atoms with van der Waals surface area (Å²) in [6, 6.07) is 7.63. The predicted molar refractivity (Wildman–Crippen MR) is 71.0 cm³/mol. The molecule has 0 aliphatic heterocycles. The topological polar surface area (TPSA) is 65.4 Å². The van der Waals surface area contributed by atoms with E-state index in [9.17, 15) is 0 Å². The van der Waals surface area contributed by atoms with E-state index < -0.39 is 0 Å².